The van der Waals surface area contributed by atoms with Gasteiger partial charge in [-0.25, -0.2) is 5.01 Å². The van der Waals surface area contributed by atoms with Gasteiger partial charge in [-0.3, -0.25) is 10.2 Å². The Morgan fingerprint density at radius 3 is 2.70 bits per heavy atom. The van der Waals surface area contributed by atoms with Gasteiger partial charge in [0.1, 0.15) is 0 Å². The topological polar surface area (TPSA) is 50.8 Å². The predicted molar refractivity (Wildman–Crippen MR) is 93.0 cm³/mol. The van der Waals surface area contributed by atoms with E-state index in [1.807, 2.05) is 0 Å². The Bertz CT molecular complexity index is 338. The van der Waals surface area contributed by atoms with Crippen molar-refractivity contribution < 1.29 is 14.3 Å². The molecule has 0 saturated carbocycles. The molecule has 0 aromatic carbocycles. The van der Waals surface area contributed by atoms with Crippen LogP contribution < -0.4 is 5.43 Å². The van der Waals surface area contributed by atoms with Gasteiger partial charge in [-0.15, -0.1) is 0 Å². The molecule has 23 heavy (non-hydrogen) atoms. The van der Waals surface area contributed by atoms with Crippen LogP contribution in [0.3, 0.4) is 0 Å². The van der Waals surface area contributed by atoms with E-state index in [9.17, 15) is 4.79 Å². The number of hydrogen-bond acceptors (Lipinski definition) is 5. The highest BCUT2D eigenvalue weighted by Gasteiger charge is 2.30. The van der Waals surface area contributed by atoms with Crippen LogP contribution in [-0.2, 0) is 14.3 Å². The Morgan fingerprint density at radius 1 is 1.35 bits per heavy atom. The molecule has 0 aromatic heterocycles. The summed E-state index contributed by atoms with van der Waals surface area (Å²) in [7, 11) is 3.23. The summed E-state index contributed by atoms with van der Waals surface area (Å²) in [6.07, 6.45) is 6.43. The molecule has 1 rings (SSSR count). The number of unbranched alkanes of at least 4 members (excludes halogenated alkanes) is 1. The third kappa shape index (κ3) is 6.77. The van der Waals surface area contributed by atoms with Gasteiger partial charge in [0.05, 0.1) is 13.7 Å². The number of hydrazine groups is 1. The van der Waals surface area contributed by atoms with Crippen molar-refractivity contribution in [2.24, 2.45) is 11.8 Å². The number of methoxy groups -OCH3 is 2. The SMILES string of the molecule is CCCC[C@H](NN1CCC[C@@H]1COC)[C@@H](C)[C@@H](C)CC(=O)OC. The van der Waals surface area contributed by atoms with E-state index in [0.29, 0.717) is 30.3 Å². The molecular weight excluding hydrogens is 292 g/mol. The molecule has 4 atom stereocenters. The van der Waals surface area contributed by atoms with E-state index in [4.69, 9.17) is 9.47 Å². The molecule has 0 bridgehead atoms. The van der Waals surface area contributed by atoms with Gasteiger partial charge in [-0.2, -0.15) is 0 Å². The maximum Gasteiger partial charge on any atom is 0.305 e. The fourth-order valence-electron chi connectivity index (χ4n) is 3.38. The molecule has 0 aromatic rings. The van der Waals surface area contributed by atoms with Crippen molar-refractivity contribution in [2.75, 3.05) is 27.4 Å². The smallest absolute Gasteiger partial charge is 0.305 e. The van der Waals surface area contributed by atoms with Crippen molar-refractivity contribution in [3.05, 3.63) is 0 Å². The zero-order chi connectivity index (χ0) is 17.2. The second-order valence-electron chi connectivity index (χ2n) is 6.94. The van der Waals surface area contributed by atoms with Crippen molar-refractivity contribution in [3.8, 4) is 0 Å². The molecule has 1 heterocycles. The average molecular weight is 328 g/mol. The van der Waals surface area contributed by atoms with Crippen LogP contribution in [-0.4, -0.2) is 50.4 Å². The lowest BCUT2D eigenvalue weighted by molar-refractivity contribution is -0.142. The van der Waals surface area contributed by atoms with Gasteiger partial charge in [0.15, 0.2) is 0 Å². The Balaban J connectivity index is 2.64. The summed E-state index contributed by atoms with van der Waals surface area (Å²) in [4.78, 5) is 11.6. The first-order valence-corrected chi connectivity index (χ1v) is 9.12. The number of nitrogens with one attached hydrogen (secondary N) is 1. The second-order valence-corrected chi connectivity index (χ2v) is 6.94. The highest BCUT2D eigenvalue weighted by molar-refractivity contribution is 5.69. The summed E-state index contributed by atoms with van der Waals surface area (Å²) < 4.78 is 10.2. The zero-order valence-electron chi connectivity index (χ0n) is 15.6. The summed E-state index contributed by atoms with van der Waals surface area (Å²) in [5.41, 5.74) is 3.76. The molecule has 5 heteroatoms. The minimum absolute atomic E-state index is 0.114. The van der Waals surface area contributed by atoms with Gasteiger partial charge in [0.2, 0.25) is 0 Å². The molecule has 0 radical (unpaired) electrons. The average Bonchev–Trinajstić information content (AvgIpc) is 2.97. The fraction of sp³-hybridized carbons (Fsp3) is 0.944. The minimum Gasteiger partial charge on any atom is -0.469 e. The normalized spacial score (nSPS) is 22.7. The van der Waals surface area contributed by atoms with E-state index in [2.05, 4.69) is 31.2 Å². The van der Waals surface area contributed by atoms with Gasteiger partial charge < -0.3 is 9.47 Å². The van der Waals surface area contributed by atoms with Gasteiger partial charge in [-0.05, 0) is 31.1 Å². The Hall–Kier alpha value is -0.650. The molecule has 1 N–H and O–H groups in total. The highest BCUT2D eigenvalue weighted by atomic mass is 16.5. The van der Waals surface area contributed by atoms with Gasteiger partial charge in [-0.1, -0.05) is 33.6 Å². The largest absolute Gasteiger partial charge is 0.469 e. The summed E-state index contributed by atoms with van der Waals surface area (Å²) >= 11 is 0. The number of carbonyl (C=O) groups is 1. The highest BCUT2D eigenvalue weighted by Crippen LogP contribution is 2.25. The third-order valence-corrected chi connectivity index (χ3v) is 5.19. The number of carbonyl (C=O) groups excluding carboxylic acids is 1. The summed E-state index contributed by atoms with van der Waals surface area (Å²) in [5.74, 6) is 0.613. The third-order valence-electron chi connectivity index (χ3n) is 5.19. The Labute approximate surface area is 142 Å². The number of rotatable bonds is 11. The molecule has 1 aliphatic rings. The van der Waals surface area contributed by atoms with Crippen LogP contribution in [0, 0.1) is 11.8 Å². The lowest BCUT2D eigenvalue weighted by Gasteiger charge is -2.35. The zero-order valence-corrected chi connectivity index (χ0v) is 15.6. The number of hydrogen-bond donors (Lipinski definition) is 1. The van der Waals surface area contributed by atoms with Crippen LogP contribution in [0.4, 0.5) is 0 Å². The monoisotopic (exact) mass is 328 g/mol. The molecule has 0 amide bonds. The second kappa shape index (κ2) is 11.0. The molecule has 1 aliphatic heterocycles. The summed E-state index contributed by atoms with van der Waals surface area (Å²) in [6, 6.07) is 0.860. The van der Waals surface area contributed by atoms with E-state index in [0.717, 1.165) is 19.6 Å². The standard InChI is InChI=1S/C18H36N2O3/c1-6-7-10-17(15(3)14(2)12-18(21)23-5)19-20-11-8-9-16(20)13-22-4/h14-17,19H,6-13H2,1-5H3/t14-,15-,16+,17-/m0/s1. The number of ether oxygens (including phenoxy) is 2. The van der Waals surface area contributed by atoms with Crippen LogP contribution >= 0.6 is 0 Å². The molecule has 1 fully saturated rings. The van der Waals surface area contributed by atoms with Gasteiger partial charge >= 0.3 is 5.97 Å². The van der Waals surface area contributed by atoms with Crippen LogP contribution in [0.25, 0.3) is 0 Å². The van der Waals surface area contributed by atoms with E-state index in [1.165, 1.54) is 32.8 Å². The van der Waals surface area contributed by atoms with E-state index >= 15 is 0 Å². The van der Waals surface area contributed by atoms with Crippen LogP contribution in [0.2, 0.25) is 0 Å². The minimum atomic E-state index is -0.114. The molecule has 0 aliphatic carbocycles. The maximum absolute atomic E-state index is 11.6. The maximum atomic E-state index is 11.6. The van der Waals surface area contributed by atoms with Crippen LogP contribution in [0.1, 0.15) is 59.3 Å². The molecule has 0 spiro atoms. The van der Waals surface area contributed by atoms with Crippen LogP contribution in [0.15, 0.2) is 0 Å². The summed E-state index contributed by atoms with van der Waals surface area (Å²) in [5, 5.41) is 2.37. The molecule has 5 nitrogen and oxygen atoms in total. The van der Waals surface area contributed by atoms with Gasteiger partial charge in [0.25, 0.3) is 0 Å². The first-order chi connectivity index (χ1) is 11.0. The first-order valence-electron chi connectivity index (χ1n) is 9.12. The Kier molecular flexibility index (Phi) is 9.75. The van der Waals surface area contributed by atoms with E-state index in [-0.39, 0.29) is 5.97 Å². The molecule has 136 valence electrons. The number of esters is 1. The molecule has 0 unspecified atom stereocenters. The van der Waals surface area contributed by atoms with Crippen molar-refractivity contribution in [1.29, 1.82) is 0 Å². The molecular formula is C18H36N2O3. The first kappa shape index (κ1) is 20.4. The summed E-state index contributed by atoms with van der Waals surface area (Å²) in [6.45, 7) is 8.48. The van der Waals surface area contributed by atoms with Gasteiger partial charge in [0, 0.05) is 32.2 Å². The van der Waals surface area contributed by atoms with E-state index < -0.39 is 0 Å². The van der Waals surface area contributed by atoms with Crippen molar-refractivity contribution in [2.45, 2.75) is 71.4 Å². The Morgan fingerprint density at radius 2 is 2.09 bits per heavy atom. The lowest BCUT2D eigenvalue weighted by Crippen LogP contribution is -2.51. The lowest BCUT2D eigenvalue weighted by atomic mass is 9.84. The van der Waals surface area contributed by atoms with Crippen molar-refractivity contribution >= 4 is 5.97 Å². The van der Waals surface area contributed by atoms with Crippen LogP contribution in [0.5, 0.6) is 0 Å². The van der Waals surface area contributed by atoms with Crippen molar-refractivity contribution in [3.63, 3.8) is 0 Å². The number of nitrogens with zero attached hydrogens (tertiary/aromatic N) is 1. The fourth-order valence-corrected chi connectivity index (χ4v) is 3.38. The van der Waals surface area contributed by atoms with Crippen molar-refractivity contribution in [1.82, 2.24) is 10.4 Å². The van der Waals surface area contributed by atoms with E-state index in [1.54, 1.807) is 7.11 Å². The predicted octanol–water partition coefficient (Wildman–Crippen LogP) is 3.00. The molecule has 1 saturated heterocycles. The quantitative estimate of drug-likeness (QED) is 0.591.